The van der Waals surface area contributed by atoms with Gasteiger partial charge in [0.05, 0.1) is 0 Å². The highest BCUT2D eigenvalue weighted by atomic mass is 16.4. The third-order valence-electron chi connectivity index (χ3n) is 1.57. The standard InChI is InChI=1S/C7H5NO4/c9-5-4-3(1-2-8-4)12-6(5)7(10)11/h1-2,8-9H,(H,10,11). The molecular weight excluding hydrogens is 162 g/mol. The van der Waals surface area contributed by atoms with Gasteiger partial charge in [0.1, 0.15) is 5.52 Å². The highest BCUT2D eigenvalue weighted by Gasteiger charge is 2.19. The summed E-state index contributed by atoms with van der Waals surface area (Å²) in [5.41, 5.74) is 0.650. The maximum Gasteiger partial charge on any atom is 0.375 e. The molecule has 0 aliphatic rings. The summed E-state index contributed by atoms with van der Waals surface area (Å²) < 4.78 is 4.82. The number of carboxylic acid groups (broad SMARTS) is 1. The van der Waals surface area contributed by atoms with E-state index in [4.69, 9.17) is 9.52 Å². The molecule has 0 saturated carbocycles. The second-order valence-corrected chi connectivity index (χ2v) is 2.30. The molecule has 0 unspecified atom stereocenters. The number of H-pyrrole nitrogens is 1. The van der Waals surface area contributed by atoms with Crippen molar-refractivity contribution in [2.45, 2.75) is 0 Å². The Balaban J connectivity index is 2.78. The van der Waals surface area contributed by atoms with Gasteiger partial charge in [0.25, 0.3) is 5.76 Å². The summed E-state index contributed by atoms with van der Waals surface area (Å²) in [6, 6.07) is 1.54. The minimum Gasteiger partial charge on any atom is -0.503 e. The summed E-state index contributed by atoms with van der Waals surface area (Å²) in [7, 11) is 0. The molecule has 0 bridgehead atoms. The predicted octanol–water partition coefficient (Wildman–Crippen LogP) is 1.16. The van der Waals surface area contributed by atoms with E-state index < -0.39 is 11.7 Å². The first-order chi connectivity index (χ1) is 5.70. The number of fused-ring (bicyclic) bond motifs is 1. The Morgan fingerprint density at radius 2 is 2.33 bits per heavy atom. The van der Waals surface area contributed by atoms with E-state index in [2.05, 4.69) is 4.98 Å². The Labute approximate surface area is 66.2 Å². The molecular formula is C7H5NO4. The number of aromatic hydroxyl groups is 1. The van der Waals surface area contributed by atoms with Crippen molar-refractivity contribution in [2.24, 2.45) is 0 Å². The normalized spacial score (nSPS) is 10.7. The van der Waals surface area contributed by atoms with Crippen molar-refractivity contribution in [1.82, 2.24) is 4.98 Å². The van der Waals surface area contributed by atoms with Crippen molar-refractivity contribution >= 4 is 17.1 Å². The fourth-order valence-electron chi connectivity index (χ4n) is 1.04. The van der Waals surface area contributed by atoms with E-state index in [1.165, 1.54) is 0 Å². The van der Waals surface area contributed by atoms with Crippen molar-refractivity contribution in [1.29, 1.82) is 0 Å². The highest BCUT2D eigenvalue weighted by Crippen LogP contribution is 2.30. The van der Waals surface area contributed by atoms with Crippen LogP contribution in [-0.4, -0.2) is 21.2 Å². The second kappa shape index (κ2) is 2.04. The molecule has 2 heterocycles. The molecule has 0 saturated heterocycles. The minimum atomic E-state index is -1.28. The van der Waals surface area contributed by atoms with Gasteiger partial charge in [-0.1, -0.05) is 0 Å². The summed E-state index contributed by atoms with van der Waals surface area (Å²) in [6.45, 7) is 0. The lowest BCUT2D eigenvalue weighted by molar-refractivity contribution is 0.0660. The average molecular weight is 167 g/mol. The first-order valence-electron chi connectivity index (χ1n) is 3.22. The van der Waals surface area contributed by atoms with E-state index in [0.717, 1.165) is 0 Å². The summed E-state index contributed by atoms with van der Waals surface area (Å²) in [4.78, 5) is 13.1. The molecule has 2 rings (SSSR count). The molecule has 0 radical (unpaired) electrons. The number of aromatic nitrogens is 1. The lowest BCUT2D eigenvalue weighted by atomic mass is 10.4. The Bertz CT molecular complexity index is 439. The van der Waals surface area contributed by atoms with Crippen molar-refractivity contribution in [3.63, 3.8) is 0 Å². The topological polar surface area (TPSA) is 86.5 Å². The van der Waals surface area contributed by atoms with Crippen LogP contribution in [0.4, 0.5) is 0 Å². The van der Waals surface area contributed by atoms with E-state index in [1.807, 2.05) is 0 Å². The summed E-state index contributed by atoms with van der Waals surface area (Å²) in [6.07, 6.45) is 1.56. The molecule has 0 atom stereocenters. The molecule has 5 nitrogen and oxygen atoms in total. The number of rotatable bonds is 1. The lowest BCUT2D eigenvalue weighted by Gasteiger charge is -1.86. The lowest BCUT2D eigenvalue weighted by Crippen LogP contribution is -1.92. The number of nitrogens with one attached hydrogen (secondary N) is 1. The van der Waals surface area contributed by atoms with Crippen LogP contribution in [0, 0.1) is 0 Å². The number of carboxylic acids is 1. The van der Waals surface area contributed by atoms with E-state index in [1.54, 1.807) is 12.3 Å². The van der Waals surface area contributed by atoms with E-state index >= 15 is 0 Å². The molecule has 0 aliphatic carbocycles. The fourth-order valence-corrected chi connectivity index (χ4v) is 1.04. The van der Waals surface area contributed by atoms with E-state index in [9.17, 15) is 9.90 Å². The Morgan fingerprint density at radius 1 is 1.58 bits per heavy atom. The molecule has 0 spiro atoms. The molecule has 62 valence electrons. The number of aromatic carboxylic acids is 1. The zero-order valence-corrected chi connectivity index (χ0v) is 5.87. The molecule has 2 aromatic heterocycles. The average Bonchev–Trinajstić information content (AvgIpc) is 2.53. The number of hydrogen-bond donors (Lipinski definition) is 3. The first kappa shape index (κ1) is 6.78. The maximum absolute atomic E-state index is 10.4. The molecule has 3 N–H and O–H groups in total. The van der Waals surface area contributed by atoms with Gasteiger partial charge in [-0.25, -0.2) is 4.79 Å². The quantitative estimate of drug-likeness (QED) is 0.594. The van der Waals surface area contributed by atoms with Gasteiger partial charge >= 0.3 is 5.97 Å². The van der Waals surface area contributed by atoms with Gasteiger partial charge in [0.15, 0.2) is 11.3 Å². The van der Waals surface area contributed by atoms with Crippen LogP contribution in [0.15, 0.2) is 16.7 Å². The Morgan fingerprint density at radius 3 is 2.92 bits per heavy atom. The van der Waals surface area contributed by atoms with Gasteiger partial charge in [-0.3, -0.25) is 0 Å². The van der Waals surface area contributed by atoms with Crippen LogP contribution in [0.1, 0.15) is 10.6 Å². The van der Waals surface area contributed by atoms with Crippen LogP contribution < -0.4 is 0 Å². The summed E-state index contributed by atoms with van der Waals surface area (Å²) in [5, 5.41) is 17.8. The van der Waals surface area contributed by atoms with Crippen LogP contribution >= 0.6 is 0 Å². The van der Waals surface area contributed by atoms with Gasteiger partial charge in [-0.15, -0.1) is 0 Å². The van der Waals surface area contributed by atoms with Crippen molar-refractivity contribution in [3.05, 3.63) is 18.0 Å². The summed E-state index contributed by atoms with van der Waals surface area (Å²) in [5.74, 6) is -2.07. The smallest absolute Gasteiger partial charge is 0.375 e. The fraction of sp³-hybridized carbons (Fsp3) is 0. The van der Waals surface area contributed by atoms with Gasteiger partial charge in [-0.05, 0) is 6.07 Å². The number of aromatic amines is 1. The second-order valence-electron chi connectivity index (χ2n) is 2.30. The van der Waals surface area contributed by atoms with Crippen LogP contribution in [-0.2, 0) is 0 Å². The van der Waals surface area contributed by atoms with Crippen molar-refractivity contribution in [3.8, 4) is 5.75 Å². The minimum absolute atomic E-state index is 0.312. The monoisotopic (exact) mass is 167 g/mol. The van der Waals surface area contributed by atoms with Gasteiger partial charge in [-0.2, -0.15) is 0 Å². The molecule has 0 aromatic carbocycles. The van der Waals surface area contributed by atoms with Crippen molar-refractivity contribution < 1.29 is 19.4 Å². The number of carbonyl (C=O) groups is 1. The highest BCUT2D eigenvalue weighted by molar-refractivity contribution is 5.96. The van der Waals surface area contributed by atoms with Crippen LogP contribution in [0.25, 0.3) is 11.1 Å². The summed E-state index contributed by atoms with van der Waals surface area (Å²) >= 11 is 0. The third kappa shape index (κ3) is 0.701. The maximum atomic E-state index is 10.4. The molecule has 0 fully saturated rings. The van der Waals surface area contributed by atoms with E-state index in [-0.39, 0.29) is 5.75 Å². The molecule has 0 aliphatic heterocycles. The third-order valence-corrected chi connectivity index (χ3v) is 1.57. The number of hydrogen-bond acceptors (Lipinski definition) is 3. The van der Waals surface area contributed by atoms with Crippen LogP contribution in [0.2, 0.25) is 0 Å². The molecule has 5 heteroatoms. The van der Waals surface area contributed by atoms with Gasteiger partial charge in [0, 0.05) is 6.20 Å². The van der Waals surface area contributed by atoms with Crippen LogP contribution in [0.3, 0.4) is 0 Å². The van der Waals surface area contributed by atoms with Gasteiger partial charge < -0.3 is 19.6 Å². The van der Waals surface area contributed by atoms with Crippen LogP contribution in [0.5, 0.6) is 5.75 Å². The van der Waals surface area contributed by atoms with Crippen molar-refractivity contribution in [2.75, 3.05) is 0 Å². The molecule has 0 amide bonds. The SMILES string of the molecule is O=C(O)c1oc2cc[nH]c2c1O. The Kier molecular flexibility index (Phi) is 1.15. The Hall–Kier alpha value is -1.91. The molecule has 12 heavy (non-hydrogen) atoms. The first-order valence-corrected chi connectivity index (χ1v) is 3.22. The predicted molar refractivity (Wildman–Crippen MR) is 39.2 cm³/mol. The number of furan rings is 1. The van der Waals surface area contributed by atoms with E-state index in [0.29, 0.717) is 11.1 Å². The van der Waals surface area contributed by atoms with Gasteiger partial charge in [0.2, 0.25) is 0 Å². The zero-order chi connectivity index (χ0) is 8.72. The largest absolute Gasteiger partial charge is 0.503 e. The zero-order valence-electron chi connectivity index (χ0n) is 5.87. The molecule has 2 aromatic rings.